The van der Waals surface area contributed by atoms with Crippen LogP contribution in [0.25, 0.3) is 0 Å². The number of halogens is 1. The van der Waals surface area contributed by atoms with Gasteiger partial charge in [0.2, 0.25) is 0 Å². The fourth-order valence-corrected chi connectivity index (χ4v) is 1.71. The molecular formula is C15H13FO3. The highest BCUT2D eigenvalue weighted by molar-refractivity contribution is 5.89. The van der Waals surface area contributed by atoms with Gasteiger partial charge in [0, 0.05) is 0 Å². The minimum Gasteiger partial charge on any atom is -0.489 e. The van der Waals surface area contributed by atoms with Gasteiger partial charge in [-0.3, -0.25) is 0 Å². The molecule has 0 aliphatic carbocycles. The lowest BCUT2D eigenvalue weighted by atomic mass is 10.1. The number of hydrogen-bond acceptors (Lipinski definition) is 2. The molecule has 0 atom stereocenters. The van der Waals surface area contributed by atoms with Crippen molar-refractivity contribution in [2.75, 3.05) is 0 Å². The molecule has 0 saturated heterocycles. The summed E-state index contributed by atoms with van der Waals surface area (Å²) < 4.78 is 18.4. The van der Waals surface area contributed by atoms with Gasteiger partial charge in [-0.25, -0.2) is 9.18 Å². The van der Waals surface area contributed by atoms with E-state index in [-0.39, 0.29) is 18.0 Å². The average molecular weight is 260 g/mol. The second-order valence-electron chi connectivity index (χ2n) is 4.20. The van der Waals surface area contributed by atoms with E-state index in [2.05, 4.69) is 0 Å². The van der Waals surface area contributed by atoms with Crippen LogP contribution in [0, 0.1) is 12.7 Å². The lowest BCUT2D eigenvalue weighted by molar-refractivity contribution is 0.0695. The van der Waals surface area contributed by atoms with Crippen LogP contribution in [0.2, 0.25) is 0 Å². The third kappa shape index (κ3) is 3.31. The Morgan fingerprint density at radius 3 is 2.74 bits per heavy atom. The van der Waals surface area contributed by atoms with E-state index in [0.717, 1.165) is 0 Å². The van der Waals surface area contributed by atoms with Crippen LogP contribution < -0.4 is 4.74 Å². The van der Waals surface area contributed by atoms with E-state index >= 15 is 0 Å². The van der Waals surface area contributed by atoms with Gasteiger partial charge in [-0.1, -0.05) is 18.2 Å². The SMILES string of the molecule is Cc1ccc(OCc2cccc(F)c2)cc1C(=O)O. The van der Waals surface area contributed by atoms with Crippen LogP contribution in [-0.4, -0.2) is 11.1 Å². The molecule has 0 heterocycles. The quantitative estimate of drug-likeness (QED) is 0.916. The van der Waals surface area contributed by atoms with Crippen molar-refractivity contribution in [1.29, 1.82) is 0 Å². The number of rotatable bonds is 4. The first-order valence-corrected chi connectivity index (χ1v) is 5.77. The number of carboxylic acids is 1. The van der Waals surface area contributed by atoms with Gasteiger partial charge < -0.3 is 9.84 Å². The molecule has 4 heteroatoms. The highest BCUT2D eigenvalue weighted by atomic mass is 19.1. The van der Waals surface area contributed by atoms with Gasteiger partial charge in [-0.2, -0.15) is 0 Å². The first kappa shape index (κ1) is 13.1. The Balaban J connectivity index is 2.12. The van der Waals surface area contributed by atoms with E-state index in [4.69, 9.17) is 9.84 Å². The molecule has 0 aromatic heterocycles. The van der Waals surface area contributed by atoms with Crippen molar-refractivity contribution in [3.05, 3.63) is 65.0 Å². The molecule has 1 N–H and O–H groups in total. The number of aromatic carboxylic acids is 1. The monoisotopic (exact) mass is 260 g/mol. The normalized spacial score (nSPS) is 10.2. The summed E-state index contributed by atoms with van der Waals surface area (Å²) in [5.41, 5.74) is 1.57. The lowest BCUT2D eigenvalue weighted by Gasteiger charge is -2.08. The molecule has 98 valence electrons. The number of carboxylic acid groups (broad SMARTS) is 1. The summed E-state index contributed by atoms with van der Waals surface area (Å²) in [7, 11) is 0. The summed E-state index contributed by atoms with van der Waals surface area (Å²) in [4.78, 5) is 11.0. The van der Waals surface area contributed by atoms with Gasteiger partial charge >= 0.3 is 5.97 Å². The van der Waals surface area contributed by atoms with Gasteiger partial charge in [0.15, 0.2) is 0 Å². The molecule has 2 aromatic carbocycles. The zero-order valence-electron chi connectivity index (χ0n) is 10.4. The summed E-state index contributed by atoms with van der Waals surface area (Å²) >= 11 is 0. The van der Waals surface area contributed by atoms with Crippen molar-refractivity contribution in [1.82, 2.24) is 0 Å². The molecule has 2 rings (SSSR count). The Kier molecular flexibility index (Phi) is 3.80. The van der Waals surface area contributed by atoms with Crippen LogP contribution in [0.1, 0.15) is 21.5 Å². The number of carbonyl (C=O) groups is 1. The molecule has 2 aromatic rings. The van der Waals surface area contributed by atoms with Crippen LogP contribution in [0.4, 0.5) is 4.39 Å². The Morgan fingerprint density at radius 2 is 2.05 bits per heavy atom. The van der Waals surface area contributed by atoms with Gasteiger partial charge in [0.05, 0.1) is 5.56 Å². The van der Waals surface area contributed by atoms with Crippen molar-refractivity contribution in [2.45, 2.75) is 13.5 Å². The highest BCUT2D eigenvalue weighted by Crippen LogP contribution is 2.18. The summed E-state index contributed by atoms with van der Waals surface area (Å²) in [5, 5.41) is 9.01. The lowest BCUT2D eigenvalue weighted by Crippen LogP contribution is -2.01. The summed E-state index contributed by atoms with van der Waals surface area (Å²) in [6.45, 7) is 1.92. The van der Waals surface area contributed by atoms with Gasteiger partial charge in [0.25, 0.3) is 0 Å². The topological polar surface area (TPSA) is 46.5 Å². The molecular weight excluding hydrogens is 247 g/mol. The van der Waals surface area contributed by atoms with Crippen LogP contribution in [-0.2, 0) is 6.61 Å². The smallest absolute Gasteiger partial charge is 0.336 e. The van der Waals surface area contributed by atoms with Gasteiger partial charge in [0.1, 0.15) is 18.2 Å². The molecule has 3 nitrogen and oxygen atoms in total. The van der Waals surface area contributed by atoms with E-state index in [9.17, 15) is 9.18 Å². The van der Waals surface area contributed by atoms with Crippen molar-refractivity contribution in [3.63, 3.8) is 0 Å². The van der Waals surface area contributed by atoms with E-state index in [1.54, 1.807) is 31.2 Å². The van der Waals surface area contributed by atoms with Crippen LogP contribution in [0.3, 0.4) is 0 Å². The largest absolute Gasteiger partial charge is 0.489 e. The molecule has 0 saturated carbocycles. The third-order valence-corrected chi connectivity index (χ3v) is 2.73. The number of aryl methyl sites for hydroxylation is 1. The minimum atomic E-state index is -0.992. The van der Waals surface area contributed by atoms with Crippen molar-refractivity contribution < 1.29 is 19.0 Å². The summed E-state index contributed by atoms with van der Waals surface area (Å²) in [6, 6.07) is 10.9. The second kappa shape index (κ2) is 5.52. The Labute approximate surface area is 110 Å². The Morgan fingerprint density at radius 1 is 1.26 bits per heavy atom. The zero-order chi connectivity index (χ0) is 13.8. The Hall–Kier alpha value is -2.36. The van der Waals surface area contributed by atoms with Crippen molar-refractivity contribution >= 4 is 5.97 Å². The fourth-order valence-electron chi connectivity index (χ4n) is 1.71. The van der Waals surface area contributed by atoms with Crippen LogP contribution >= 0.6 is 0 Å². The molecule has 0 amide bonds. The number of benzene rings is 2. The first-order valence-electron chi connectivity index (χ1n) is 5.77. The maximum atomic E-state index is 13.0. The first-order chi connectivity index (χ1) is 9.06. The molecule has 0 spiro atoms. The summed E-state index contributed by atoms with van der Waals surface area (Å²) in [5.74, 6) is -0.864. The van der Waals surface area contributed by atoms with E-state index < -0.39 is 5.97 Å². The average Bonchev–Trinajstić information content (AvgIpc) is 2.37. The van der Waals surface area contributed by atoms with E-state index in [1.165, 1.54) is 18.2 Å². The molecule has 0 unspecified atom stereocenters. The minimum absolute atomic E-state index is 0.194. The molecule has 19 heavy (non-hydrogen) atoms. The molecule has 0 radical (unpaired) electrons. The fraction of sp³-hybridized carbons (Fsp3) is 0.133. The number of hydrogen-bond donors (Lipinski definition) is 1. The standard InChI is InChI=1S/C15H13FO3/c1-10-5-6-13(8-14(10)15(17)18)19-9-11-3-2-4-12(16)7-11/h2-8H,9H2,1H3,(H,17,18). The Bertz CT molecular complexity index is 608. The maximum absolute atomic E-state index is 13.0. The van der Waals surface area contributed by atoms with Crippen LogP contribution in [0.15, 0.2) is 42.5 Å². The zero-order valence-corrected chi connectivity index (χ0v) is 10.4. The maximum Gasteiger partial charge on any atom is 0.336 e. The molecule has 0 aliphatic heterocycles. The molecule has 0 bridgehead atoms. The van der Waals surface area contributed by atoms with Crippen LogP contribution in [0.5, 0.6) is 5.75 Å². The molecule has 0 aliphatic rings. The predicted octanol–water partition coefficient (Wildman–Crippen LogP) is 3.41. The van der Waals surface area contributed by atoms with Gasteiger partial charge in [-0.15, -0.1) is 0 Å². The third-order valence-electron chi connectivity index (χ3n) is 2.73. The number of ether oxygens (including phenoxy) is 1. The van der Waals surface area contributed by atoms with E-state index in [1.807, 2.05) is 0 Å². The van der Waals surface area contributed by atoms with E-state index in [0.29, 0.717) is 16.9 Å². The van der Waals surface area contributed by atoms with Crippen molar-refractivity contribution in [3.8, 4) is 5.75 Å². The highest BCUT2D eigenvalue weighted by Gasteiger charge is 2.08. The second-order valence-corrected chi connectivity index (χ2v) is 4.20. The predicted molar refractivity (Wildman–Crippen MR) is 68.9 cm³/mol. The summed E-state index contributed by atoms with van der Waals surface area (Å²) in [6.07, 6.45) is 0. The molecule has 0 fully saturated rings. The van der Waals surface area contributed by atoms with Gasteiger partial charge in [-0.05, 0) is 42.3 Å². The van der Waals surface area contributed by atoms with Crippen molar-refractivity contribution in [2.24, 2.45) is 0 Å².